The second-order valence-corrected chi connectivity index (χ2v) is 5.68. The van der Waals surface area contributed by atoms with Gasteiger partial charge in [-0.1, -0.05) is 0 Å². The fourth-order valence-corrected chi connectivity index (χ4v) is 2.72. The number of thiazole rings is 1. The molecule has 3 heterocycles. The van der Waals surface area contributed by atoms with Gasteiger partial charge in [0, 0.05) is 24.5 Å². The lowest BCUT2D eigenvalue weighted by atomic mass is 10.0. The maximum atomic E-state index is 12.0. The quantitative estimate of drug-likeness (QED) is 0.827. The third-order valence-electron chi connectivity index (χ3n) is 3.66. The van der Waals surface area contributed by atoms with Gasteiger partial charge >= 0.3 is 0 Å². The topological polar surface area (TPSA) is 71.7 Å². The van der Waals surface area contributed by atoms with Crippen molar-refractivity contribution in [3.8, 4) is 0 Å². The van der Waals surface area contributed by atoms with Gasteiger partial charge in [-0.15, -0.1) is 11.3 Å². The Labute approximate surface area is 109 Å². The molecule has 7 heteroatoms. The number of carbonyl (C=O) groups is 1. The van der Waals surface area contributed by atoms with Gasteiger partial charge in [0.15, 0.2) is 5.13 Å². The molecule has 0 bridgehead atoms. The SMILES string of the molecule is CN(C1COC1)C1CN(C(=O)c2csc(N)n2)C1. The number of likely N-dealkylation sites (tertiary alicyclic amines) is 1. The molecule has 1 aromatic heterocycles. The zero-order valence-corrected chi connectivity index (χ0v) is 11.0. The summed E-state index contributed by atoms with van der Waals surface area (Å²) >= 11 is 1.30. The Morgan fingerprint density at radius 1 is 1.56 bits per heavy atom. The highest BCUT2D eigenvalue weighted by molar-refractivity contribution is 7.13. The van der Waals surface area contributed by atoms with E-state index >= 15 is 0 Å². The normalized spacial score (nSPS) is 20.9. The summed E-state index contributed by atoms with van der Waals surface area (Å²) in [5.41, 5.74) is 5.99. The molecule has 3 rings (SSSR count). The molecule has 1 aromatic rings. The zero-order valence-electron chi connectivity index (χ0n) is 10.2. The minimum atomic E-state index is -0.0162. The number of carbonyl (C=O) groups excluding carboxylic acids is 1. The Morgan fingerprint density at radius 3 is 2.78 bits per heavy atom. The number of ether oxygens (including phenoxy) is 1. The molecule has 6 nitrogen and oxygen atoms in total. The van der Waals surface area contributed by atoms with Crippen LogP contribution in [0.25, 0.3) is 0 Å². The maximum absolute atomic E-state index is 12.0. The summed E-state index contributed by atoms with van der Waals surface area (Å²) in [5.74, 6) is -0.0162. The van der Waals surface area contributed by atoms with Gasteiger partial charge in [-0.05, 0) is 7.05 Å². The summed E-state index contributed by atoms with van der Waals surface area (Å²) in [4.78, 5) is 20.2. The van der Waals surface area contributed by atoms with Gasteiger partial charge < -0.3 is 15.4 Å². The van der Waals surface area contributed by atoms with Crippen LogP contribution >= 0.6 is 11.3 Å². The van der Waals surface area contributed by atoms with E-state index in [0.717, 1.165) is 26.3 Å². The summed E-state index contributed by atoms with van der Waals surface area (Å²) in [6.45, 7) is 3.15. The number of rotatable bonds is 3. The lowest BCUT2D eigenvalue weighted by Crippen LogP contribution is -2.64. The molecule has 0 aromatic carbocycles. The van der Waals surface area contributed by atoms with Crippen LogP contribution in [0.15, 0.2) is 5.38 Å². The van der Waals surface area contributed by atoms with Gasteiger partial charge in [0.1, 0.15) is 5.69 Å². The van der Waals surface area contributed by atoms with Crippen molar-refractivity contribution in [3.63, 3.8) is 0 Å². The third-order valence-corrected chi connectivity index (χ3v) is 4.34. The first-order chi connectivity index (χ1) is 8.65. The highest BCUT2D eigenvalue weighted by Gasteiger charge is 2.38. The Kier molecular flexibility index (Phi) is 2.96. The Bertz CT molecular complexity index is 454. The number of hydrogen-bond acceptors (Lipinski definition) is 6. The van der Waals surface area contributed by atoms with E-state index in [1.807, 2.05) is 4.90 Å². The molecule has 98 valence electrons. The van der Waals surface area contributed by atoms with Crippen molar-refractivity contribution >= 4 is 22.4 Å². The van der Waals surface area contributed by atoms with Crippen LogP contribution in [-0.4, -0.2) is 66.1 Å². The van der Waals surface area contributed by atoms with E-state index in [1.54, 1.807) is 5.38 Å². The smallest absolute Gasteiger partial charge is 0.273 e. The van der Waals surface area contributed by atoms with Gasteiger partial charge in [-0.2, -0.15) is 0 Å². The lowest BCUT2D eigenvalue weighted by molar-refractivity contribution is -0.0880. The van der Waals surface area contributed by atoms with Gasteiger partial charge in [0.05, 0.1) is 19.3 Å². The van der Waals surface area contributed by atoms with Gasteiger partial charge in [-0.3, -0.25) is 9.69 Å². The molecule has 2 N–H and O–H groups in total. The standard InChI is InChI=1S/C11H16N4O2S/c1-14(8-4-17-5-8)7-2-15(3-7)10(16)9-6-18-11(12)13-9/h6-8H,2-5H2,1H3,(H2,12,13). The summed E-state index contributed by atoms with van der Waals surface area (Å²) < 4.78 is 5.18. The highest BCUT2D eigenvalue weighted by Crippen LogP contribution is 2.22. The predicted molar refractivity (Wildman–Crippen MR) is 68.6 cm³/mol. The van der Waals surface area contributed by atoms with Crippen molar-refractivity contribution in [1.29, 1.82) is 0 Å². The number of nitrogen functional groups attached to an aromatic ring is 1. The molecule has 18 heavy (non-hydrogen) atoms. The van der Waals surface area contributed by atoms with Crippen molar-refractivity contribution in [2.24, 2.45) is 0 Å². The van der Waals surface area contributed by atoms with Crippen LogP contribution in [0.4, 0.5) is 5.13 Å². The Hall–Kier alpha value is -1.18. The molecular formula is C11H16N4O2S. The fourth-order valence-electron chi connectivity index (χ4n) is 2.18. The fraction of sp³-hybridized carbons (Fsp3) is 0.636. The number of hydrogen-bond donors (Lipinski definition) is 1. The Morgan fingerprint density at radius 2 is 2.28 bits per heavy atom. The van der Waals surface area contributed by atoms with Crippen LogP contribution in [0.2, 0.25) is 0 Å². The summed E-state index contributed by atoms with van der Waals surface area (Å²) in [7, 11) is 2.10. The zero-order chi connectivity index (χ0) is 12.7. The molecule has 2 saturated heterocycles. The molecule has 0 saturated carbocycles. The lowest BCUT2D eigenvalue weighted by Gasteiger charge is -2.48. The second kappa shape index (κ2) is 4.49. The van der Waals surface area contributed by atoms with Crippen LogP contribution in [0.3, 0.4) is 0 Å². The number of nitrogens with two attached hydrogens (primary N) is 1. The molecule has 1 amide bonds. The molecular weight excluding hydrogens is 252 g/mol. The van der Waals surface area contributed by atoms with E-state index in [2.05, 4.69) is 16.9 Å². The monoisotopic (exact) mass is 268 g/mol. The molecule has 0 aliphatic carbocycles. The first-order valence-corrected chi connectivity index (χ1v) is 6.83. The van der Waals surface area contributed by atoms with E-state index in [9.17, 15) is 4.79 Å². The van der Waals surface area contributed by atoms with Crippen LogP contribution in [0.1, 0.15) is 10.5 Å². The summed E-state index contributed by atoms with van der Waals surface area (Å²) in [5, 5.41) is 2.16. The number of nitrogens with zero attached hydrogens (tertiary/aromatic N) is 3. The van der Waals surface area contributed by atoms with Crippen LogP contribution < -0.4 is 5.73 Å². The molecule has 0 unspecified atom stereocenters. The summed E-state index contributed by atoms with van der Waals surface area (Å²) in [6.07, 6.45) is 0. The first kappa shape index (κ1) is 11.9. The van der Waals surface area contributed by atoms with Crippen molar-refractivity contribution in [2.75, 3.05) is 39.1 Å². The number of likely N-dealkylation sites (N-methyl/N-ethyl adjacent to an activating group) is 1. The molecule has 0 atom stereocenters. The molecule has 2 fully saturated rings. The van der Waals surface area contributed by atoms with Gasteiger partial charge in [0.2, 0.25) is 0 Å². The van der Waals surface area contributed by atoms with Crippen molar-refractivity contribution < 1.29 is 9.53 Å². The van der Waals surface area contributed by atoms with Crippen LogP contribution in [0, 0.1) is 0 Å². The van der Waals surface area contributed by atoms with Gasteiger partial charge in [-0.25, -0.2) is 4.98 Å². The second-order valence-electron chi connectivity index (χ2n) is 4.79. The molecule has 0 spiro atoms. The van der Waals surface area contributed by atoms with E-state index in [1.165, 1.54) is 11.3 Å². The minimum Gasteiger partial charge on any atom is -0.378 e. The Balaban J connectivity index is 1.53. The summed E-state index contributed by atoms with van der Waals surface area (Å²) in [6, 6.07) is 0.959. The number of amides is 1. The maximum Gasteiger partial charge on any atom is 0.273 e. The highest BCUT2D eigenvalue weighted by atomic mass is 32.1. The third kappa shape index (κ3) is 1.98. The largest absolute Gasteiger partial charge is 0.378 e. The van der Waals surface area contributed by atoms with E-state index in [-0.39, 0.29) is 5.91 Å². The van der Waals surface area contributed by atoms with Crippen LogP contribution in [-0.2, 0) is 4.74 Å². The average Bonchev–Trinajstić information content (AvgIpc) is 2.59. The average molecular weight is 268 g/mol. The number of anilines is 1. The molecule has 2 aliphatic heterocycles. The van der Waals surface area contributed by atoms with Crippen molar-refractivity contribution in [3.05, 3.63) is 11.1 Å². The van der Waals surface area contributed by atoms with Crippen molar-refractivity contribution in [1.82, 2.24) is 14.8 Å². The van der Waals surface area contributed by atoms with E-state index in [4.69, 9.17) is 10.5 Å². The molecule has 2 aliphatic rings. The minimum absolute atomic E-state index is 0.0162. The van der Waals surface area contributed by atoms with Crippen LogP contribution in [0.5, 0.6) is 0 Å². The van der Waals surface area contributed by atoms with E-state index in [0.29, 0.717) is 22.9 Å². The first-order valence-electron chi connectivity index (χ1n) is 5.95. The molecule has 0 radical (unpaired) electrons. The predicted octanol–water partition coefficient (Wildman–Crippen LogP) is -0.120. The van der Waals surface area contributed by atoms with Gasteiger partial charge in [0.25, 0.3) is 5.91 Å². The van der Waals surface area contributed by atoms with E-state index < -0.39 is 0 Å². The van der Waals surface area contributed by atoms with Crippen molar-refractivity contribution in [2.45, 2.75) is 12.1 Å². The number of aromatic nitrogens is 1.